The largest absolute Gasteiger partial charge is 0.330 e. The summed E-state index contributed by atoms with van der Waals surface area (Å²) in [6.07, 6.45) is 1.61. The van der Waals surface area contributed by atoms with Gasteiger partial charge in [-0.2, -0.15) is 5.10 Å². The number of hydrogen-bond donors (Lipinski definition) is 1. The highest BCUT2D eigenvalue weighted by Crippen LogP contribution is 2.39. The lowest BCUT2D eigenvalue weighted by molar-refractivity contribution is 0.140. The Morgan fingerprint density at radius 1 is 1.41 bits per heavy atom. The van der Waals surface area contributed by atoms with E-state index in [0.29, 0.717) is 23.7 Å². The van der Waals surface area contributed by atoms with Crippen LogP contribution >= 0.6 is 0 Å². The molecule has 1 aliphatic carbocycles. The topological polar surface area (TPSA) is 56.7 Å². The van der Waals surface area contributed by atoms with Crippen LogP contribution in [0.15, 0.2) is 18.5 Å². The number of aryl methyl sites for hydroxylation is 1. The zero-order valence-electron chi connectivity index (χ0n) is 12.1. The number of halogens is 3. The Morgan fingerprint density at radius 3 is 2.73 bits per heavy atom. The predicted molar refractivity (Wildman–Crippen MR) is 75.9 cm³/mol. The van der Waals surface area contributed by atoms with Crippen molar-refractivity contribution in [3.63, 3.8) is 0 Å². The van der Waals surface area contributed by atoms with Gasteiger partial charge in [0, 0.05) is 11.8 Å². The van der Waals surface area contributed by atoms with Gasteiger partial charge in [0.05, 0.1) is 17.9 Å². The van der Waals surface area contributed by atoms with Crippen molar-refractivity contribution in [2.75, 3.05) is 6.54 Å². The Balaban J connectivity index is 1.98. The molecule has 3 rings (SSSR count). The number of pyridine rings is 1. The van der Waals surface area contributed by atoms with E-state index < -0.39 is 12.2 Å². The average molecular weight is 310 g/mol. The molecule has 1 aliphatic rings. The van der Waals surface area contributed by atoms with E-state index in [9.17, 15) is 13.2 Å². The zero-order chi connectivity index (χ0) is 15.9. The summed E-state index contributed by atoms with van der Waals surface area (Å²) in [6.45, 7) is 2.25. The van der Waals surface area contributed by atoms with E-state index in [0.717, 1.165) is 19.0 Å². The quantitative estimate of drug-likeness (QED) is 0.943. The van der Waals surface area contributed by atoms with Crippen LogP contribution in [0, 0.1) is 18.7 Å². The Labute approximate surface area is 126 Å². The smallest absolute Gasteiger partial charge is 0.282 e. The molecule has 118 valence electrons. The van der Waals surface area contributed by atoms with Gasteiger partial charge in [-0.1, -0.05) is 0 Å². The van der Waals surface area contributed by atoms with Crippen LogP contribution in [-0.4, -0.2) is 21.3 Å². The molecule has 7 heteroatoms. The third-order valence-corrected chi connectivity index (χ3v) is 4.19. The first-order chi connectivity index (χ1) is 10.5. The fraction of sp³-hybridized carbons (Fsp3) is 0.467. The van der Waals surface area contributed by atoms with Gasteiger partial charge in [-0.05, 0) is 43.9 Å². The first-order valence-electron chi connectivity index (χ1n) is 7.19. The molecule has 2 aromatic heterocycles. The van der Waals surface area contributed by atoms with Crippen molar-refractivity contribution in [2.45, 2.75) is 32.2 Å². The van der Waals surface area contributed by atoms with Crippen LogP contribution in [0.2, 0.25) is 0 Å². The van der Waals surface area contributed by atoms with Crippen LogP contribution in [0.1, 0.15) is 36.6 Å². The van der Waals surface area contributed by atoms with Crippen LogP contribution in [0.3, 0.4) is 0 Å². The van der Waals surface area contributed by atoms with E-state index in [-0.39, 0.29) is 17.3 Å². The first kappa shape index (κ1) is 15.0. The molecular weight excluding hydrogens is 293 g/mol. The van der Waals surface area contributed by atoms with E-state index in [2.05, 4.69) is 10.1 Å². The molecule has 0 bridgehead atoms. The number of rotatable bonds is 4. The highest BCUT2D eigenvalue weighted by Gasteiger charge is 2.32. The summed E-state index contributed by atoms with van der Waals surface area (Å²) in [5.74, 6) is -0.0599. The van der Waals surface area contributed by atoms with E-state index >= 15 is 0 Å². The van der Waals surface area contributed by atoms with Gasteiger partial charge in [0.2, 0.25) is 0 Å². The number of nitrogens with zero attached hydrogens (tertiary/aromatic N) is 3. The molecular formula is C15H17F3N4. The summed E-state index contributed by atoms with van der Waals surface area (Å²) in [5, 5.41) is 4.03. The SMILES string of the molecule is Cc1cc(F)cnc1-c1cn(C2CC(CN)C2)nc1C(F)F. The second-order valence-electron chi connectivity index (χ2n) is 5.75. The third-order valence-electron chi connectivity index (χ3n) is 4.19. The van der Waals surface area contributed by atoms with Crippen molar-refractivity contribution in [1.29, 1.82) is 0 Å². The molecule has 0 spiro atoms. The van der Waals surface area contributed by atoms with Crippen molar-refractivity contribution in [1.82, 2.24) is 14.8 Å². The van der Waals surface area contributed by atoms with E-state index in [1.807, 2.05) is 0 Å². The first-order valence-corrected chi connectivity index (χ1v) is 7.19. The lowest BCUT2D eigenvalue weighted by Gasteiger charge is -2.34. The van der Waals surface area contributed by atoms with Crippen molar-refractivity contribution in [2.24, 2.45) is 11.7 Å². The number of aromatic nitrogens is 3. The highest BCUT2D eigenvalue weighted by atomic mass is 19.3. The lowest BCUT2D eigenvalue weighted by atomic mass is 9.80. The van der Waals surface area contributed by atoms with E-state index in [4.69, 9.17) is 5.73 Å². The van der Waals surface area contributed by atoms with Gasteiger partial charge in [-0.15, -0.1) is 0 Å². The normalized spacial score (nSPS) is 21.2. The number of nitrogens with two attached hydrogens (primary N) is 1. The Kier molecular flexibility index (Phi) is 3.90. The fourth-order valence-corrected chi connectivity index (χ4v) is 2.87. The van der Waals surface area contributed by atoms with Crippen LogP contribution in [0.25, 0.3) is 11.3 Å². The van der Waals surface area contributed by atoms with Crippen LogP contribution in [0.4, 0.5) is 13.2 Å². The van der Waals surface area contributed by atoms with E-state index in [1.54, 1.807) is 17.8 Å². The lowest BCUT2D eigenvalue weighted by Crippen LogP contribution is -2.32. The average Bonchev–Trinajstić information content (AvgIpc) is 2.82. The predicted octanol–water partition coefficient (Wildman–Crippen LogP) is 3.24. The Morgan fingerprint density at radius 2 is 2.14 bits per heavy atom. The van der Waals surface area contributed by atoms with Crippen molar-refractivity contribution in [3.05, 3.63) is 35.5 Å². The maximum absolute atomic E-state index is 13.3. The molecule has 22 heavy (non-hydrogen) atoms. The minimum absolute atomic E-state index is 0.0977. The van der Waals surface area contributed by atoms with Gasteiger partial charge < -0.3 is 5.73 Å². The summed E-state index contributed by atoms with van der Waals surface area (Å²) >= 11 is 0. The molecule has 1 fully saturated rings. The molecule has 0 amide bonds. The summed E-state index contributed by atoms with van der Waals surface area (Å²) in [4.78, 5) is 3.96. The summed E-state index contributed by atoms with van der Waals surface area (Å²) in [5.41, 5.74) is 6.40. The molecule has 0 aromatic carbocycles. The number of alkyl halides is 2. The second-order valence-corrected chi connectivity index (χ2v) is 5.75. The van der Waals surface area contributed by atoms with E-state index in [1.165, 1.54) is 6.07 Å². The molecule has 1 saturated carbocycles. The number of hydrogen-bond acceptors (Lipinski definition) is 3. The van der Waals surface area contributed by atoms with Gasteiger partial charge in [-0.25, -0.2) is 13.2 Å². The maximum atomic E-state index is 13.3. The standard InChI is InChI=1S/C15H17F3N4/c1-8-2-10(16)6-20-13(8)12-7-22(21-14(12)15(17)18)11-3-9(4-11)5-19/h2,6-7,9,11,15H,3-5,19H2,1H3. The van der Waals surface area contributed by atoms with Gasteiger partial charge in [0.1, 0.15) is 11.5 Å². The molecule has 0 aliphatic heterocycles. The molecule has 0 radical (unpaired) electrons. The van der Waals surface area contributed by atoms with Gasteiger partial charge >= 0.3 is 0 Å². The van der Waals surface area contributed by atoms with Gasteiger partial charge in [0.25, 0.3) is 6.43 Å². The second kappa shape index (κ2) is 5.72. The molecule has 0 saturated heterocycles. The van der Waals surface area contributed by atoms with Gasteiger partial charge in [0.15, 0.2) is 0 Å². The highest BCUT2D eigenvalue weighted by molar-refractivity contribution is 5.65. The van der Waals surface area contributed by atoms with Crippen LogP contribution in [-0.2, 0) is 0 Å². The van der Waals surface area contributed by atoms with Crippen LogP contribution in [0.5, 0.6) is 0 Å². The minimum Gasteiger partial charge on any atom is -0.330 e. The Hall–Kier alpha value is -1.89. The van der Waals surface area contributed by atoms with Crippen molar-refractivity contribution < 1.29 is 13.2 Å². The maximum Gasteiger partial charge on any atom is 0.282 e. The minimum atomic E-state index is -2.70. The molecule has 2 N–H and O–H groups in total. The molecule has 2 aromatic rings. The monoisotopic (exact) mass is 310 g/mol. The van der Waals surface area contributed by atoms with Crippen LogP contribution < -0.4 is 5.73 Å². The molecule has 0 atom stereocenters. The summed E-state index contributed by atoms with van der Waals surface area (Å²) in [7, 11) is 0. The summed E-state index contributed by atoms with van der Waals surface area (Å²) in [6, 6.07) is 1.38. The van der Waals surface area contributed by atoms with Crippen molar-refractivity contribution in [3.8, 4) is 11.3 Å². The van der Waals surface area contributed by atoms with Crippen molar-refractivity contribution >= 4 is 0 Å². The Bertz CT molecular complexity index is 677. The molecule has 4 nitrogen and oxygen atoms in total. The summed E-state index contributed by atoms with van der Waals surface area (Å²) < 4.78 is 41.3. The molecule has 2 heterocycles. The third kappa shape index (κ3) is 2.61. The molecule has 0 unspecified atom stereocenters. The fourth-order valence-electron chi connectivity index (χ4n) is 2.87. The van der Waals surface area contributed by atoms with Gasteiger partial charge in [-0.3, -0.25) is 9.67 Å². The zero-order valence-corrected chi connectivity index (χ0v) is 12.1.